The lowest BCUT2D eigenvalue weighted by Crippen LogP contribution is -2.47. The van der Waals surface area contributed by atoms with Crippen molar-refractivity contribution in [1.29, 1.82) is 0 Å². The lowest BCUT2D eigenvalue weighted by Gasteiger charge is -2.27. The van der Waals surface area contributed by atoms with E-state index in [0.717, 1.165) is 12.1 Å². The van der Waals surface area contributed by atoms with E-state index < -0.39 is 17.4 Å². The summed E-state index contributed by atoms with van der Waals surface area (Å²) in [6.45, 7) is 2.46. The molecule has 1 aromatic rings. The first-order chi connectivity index (χ1) is 8.58. The number of hydrogen-bond acceptors (Lipinski definition) is 3. The third-order valence-electron chi connectivity index (χ3n) is 2.92. The van der Waals surface area contributed by atoms with Crippen molar-refractivity contribution in [3.63, 3.8) is 0 Å². The molecule has 4 nitrogen and oxygen atoms in total. The summed E-state index contributed by atoms with van der Waals surface area (Å²) in [5.74, 6) is -2.57. The maximum Gasteiger partial charge on any atom is 0.227 e. The van der Waals surface area contributed by atoms with Crippen LogP contribution in [-0.2, 0) is 11.2 Å². The average molecular weight is 256 g/mol. The third-order valence-corrected chi connectivity index (χ3v) is 2.92. The van der Waals surface area contributed by atoms with Crippen molar-refractivity contribution in [2.45, 2.75) is 6.42 Å². The molecule has 0 unspecified atom stereocenters. The molecule has 1 aliphatic heterocycles. The molecular formula is C12H14F2N2O2. The average Bonchev–Trinajstić information content (AvgIpc) is 2.34. The zero-order valence-corrected chi connectivity index (χ0v) is 9.75. The number of nitrogens with zero attached hydrogens (tertiary/aromatic N) is 1. The van der Waals surface area contributed by atoms with Crippen LogP contribution in [0, 0.1) is 11.6 Å². The number of rotatable bonds is 2. The first-order valence-electron chi connectivity index (χ1n) is 5.73. The van der Waals surface area contributed by atoms with Gasteiger partial charge in [-0.25, -0.2) is 8.78 Å². The quantitative estimate of drug-likeness (QED) is 0.816. The molecule has 1 heterocycles. The van der Waals surface area contributed by atoms with Crippen molar-refractivity contribution in [3.05, 3.63) is 29.3 Å². The monoisotopic (exact) mass is 256 g/mol. The number of nitrogens with one attached hydrogen (secondary N) is 1. The number of halogens is 2. The van der Waals surface area contributed by atoms with Gasteiger partial charge in [-0.3, -0.25) is 4.79 Å². The molecule has 1 aliphatic rings. The Morgan fingerprint density at radius 1 is 1.28 bits per heavy atom. The first kappa shape index (κ1) is 12.8. The molecule has 0 radical (unpaired) electrons. The summed E-state index contributed by atoms with van der Waals surface area (Å²) < 4.78 is 26.9. The molecule has 1 aromatic carbocycles. The molecule has 2 N–H and O–H groups in total. The van der Waals surface area contributed by atoms with Crippen molar-refractivity contribution in [2.24, 2.45) is 0 Å². The molecule has 0 bridgehead atoms. The SMILES string of the molecule is O=C(Cc1c(F)cc(O)cc1F)N1CCNCC1. The Labute approximate surface area is 103 Å². The van der Waals surface area contributed by atoms with Gasteiger partial charge < -0.3 is 15.3 Å². The number of phenolic OH excluding ortho intramolecular Hbond substituents is 1. The number of amides is 1. The van der Waals surface area contributed by atoms with Crippen molar-refractivity contribution >= 4 is 5.91 Å². The van der Waals surface area contributed by atoms with Gasteiger partial charge in [0.15, 0.2) is 0 Å². The predicted molar refractivity (Wildman–Crippen MR) is 61.2 cm³/mol. The number of hydrogen-bond donors (Lipinski definition) is 2. The van der Waals surface area contributed by atoms with Gasteiger partial charge in [-0.15, -0.1) is 0 Å². The molecule has 0 spiro atoms. The van der Waals surface area contributed by atoms with E-state index in [1.54, 1.807) is 4.90 Å². The fraction of sp³-hybridized carbons (Fsp3) is 0.417. The van der Waals surface area contributed by atoms with Crippen LogP contribution in [0.5, 0.6) is 5.75 Å². The second-order valence-electron chi connectivity index (χ2n) is 4.20. The van der Waals surface area contributed by atoms with Gasteiger partial charge in [-0.05, 0) is 0 Å². The van der Waals surface area contributed by atoms with Crippen LogP contribution in [0.2, 0.25) is 0 Å². The Hall–Kier alpha value is -1.69. The van der Waals surface area contributed by atoms with Crippen molar-refractivity contribution < 1.29 is 18.7 Å². The van der Waals surface area contributed by atoms with Gasteiger partial charge in [0.05, 0.1) is 6.42 Å². The van der Waals surface area contributed by atoms with Crippen molar-refractivity contribution in [2.75, 3.05) is 26.2 Å². The molecule has 0 aromatic heterocycles. The summed E-state index contributed by atoms with van der Waals surface area (Å²) in [4.78, 5) is 13.4. The minimum absolute atomic E-state index is 0.295. The number of aromatic hydroxyl groups is 1. The van der Waals surface area contributed by atoms with E-state index in [4.69, 9.17) is 5.11 Å². The number of piperazine rings is 1. The maximum absolute atomic E-state index is 13.5. The Morgan fingerprint density at radius 2 is 1.83 bits per heavy atom. The van der Waals surface area contributed by atoms with Crippen LogP contribution < -0.4 is 5.32 Å². The molecule has 98 valence electrons. The molecule has 1 fully saturated rings. The van der Waals surface area contributed by atoms with Crippen LogP contribution in [0.1, 0.15) is 5.56 Å². The van der Waals surface area contributed by atoms with E-state index >= 15 is 0 Å². The Bertz CT molecular complexity index is 436. The lowest BCUT2D eigenvalue weighted by molar-refractivity contribution is -0.131. The van der Waals surface area contributed by atoms with E-state index in [1.807, 2.05) is 0 Å². The molecule has 0 saturated carbocycles. The van der Waals surface area contributed by atoms with E-state index in [-0.39, 0.29) is 17.9 Å². The van der Waals surface area contributed by atoms with Crippen LogP contribution in [0.25, 0.3) is 0 Å². The third kappa shape index (κ3) is 2.76. The molecule has 2 rings (SSSR count). The first-order valence-corrected chi connectivity index (χ1v) is 5.73. The van der Waals surface area contributed by atoms with Crippen LogP contribution >= 0.6 is 0 Å². The highest BCUT2D eigenvalue weighted by Crippen LogP contribution is 2.20. The fourth-order valence-corrected chi connectivity index (χ4v) is 1.94. The lowest BCUT2D eigenvalue weighted by atomic mass is 10.1. The van der Waals surface area contributed by atoms with E-state index in [1.165, 1.54) is 0 Å². The van der Waals surface area contributed by atoms with Crippen molar-refractivity contribution in [1.82, 2.24) is 10.2 Å². The van der Waals surface area contributed by atoms with Gasteiger partial charge >= 0.3 is 0 Å². The summed E-state index contributed by atoms with van der Waals surface area (Å²) in [5.41, 5.74) is -0.295. The topological polar surface area (TPSA) is 52.6 Å². The van der Waals surface area contributed by atoms with Crippen LogP contribution in [0.3, 0.4) is 0 Å². The van der Waals surface area contributed by atoms with Gasteiger partial charge in [0, 0.05) is 43.9 Å². The normalized spacial score (nSPS) is 15.8. The molecular weight excluding hydrogens is 242 g/mol. The van der Waals surface area contributed by atoms with Gasteiger partial charge in [0.2, 0.25) is 5.91 Å². The largest absolute Gasteiger partial charge is 0.508 e. The minimum Gasteiger partial charge on any atom is -0.508 e. The highest BCUT2D eigenvalue weighted by Gasteiger charge is 2.20. The summed E-state index contributed by atoms with van der Waals surface area (Å²) in [7, 11) is 0. The summed E-state index contributed by atoms with van der Waals surface area (Å²) in [6.07, 6.45) is -0.321. The van der Waals surface area contributed by atoms with E-state index in [0.29, 0.717) is 26.2 Å². The number of carbonyl (C=O) groups excluding carboxylic acids is 1. The number of benzene rings is 1. The molecule has 6 heteroatoms. The Balaban J connectivity index is 2.11. The smallest absolute Gasteiger partial charge is 0.227 e. The molecule has 1 saturated heterocycles. The van der Waals surface area contributed by atoms with Crippen molar-refractivity contribution in [3.8, 4) is 5.75 Å². The van der Waals surface area contributed by atoms with Crippen LogP contribution in [-0.4, -0.2) is 42.1 Å². The highest BCUT2D eigenvalue weighted by atomic mass is 19.1. The standard InChI is InChI=1S/C12H14F2N2O2/c13-10-5-8(17)6-11(14)9(10)7-12(18)16-3-1-15-2-4-16/h5-6,15,17H,1-4,7H2. The van der Waals surface area contributed by atoms with E-state index in [9.17, 15) is 13.6 Å². The van der Waals surface area contributed by atoms with Gasteiger partial charge in [-0.1, -0.05) is 0 Å². The van der Waals surface area contributed by atoms with E-state index in [2.05, 4.69) is 5.32 Å². The second-order valence-corrected chi connectivity index (χ2v) is 4.20. The van der Waals surface area contributed by atoms with Gasteiger partial charge in [-0.2, -0.15) is 0 Å². The Morgan fingerprint density at radius 3 is 2.39 bits per heavy atom. The molecule has 1 amide bonds. The zero-order chi connectivity index (χ0) is 13.1. The Kier molecular flexibility index (Phi) is 3.76. The van der Waals surface area contributed by atoms with Crippen LogP contribution in [0.4, 0.5) is 8.78 Å². The maximum atomic E-state index is 13.5. The summed E-state index contributed by atoms with van der Waals surface area (Å²) in [6, 6.07) is 1.62. The number of carbonyl (C=O) groups is 1. The molecule has 18 heavy (non-hydrogen) atoms. The molecule has 0 atom stereocenters. The minimum atomic E-state index is -0.893. The molecule has 0 aliphatic carbocycles. The van der Waals surface area contributed by atoms with Crippen LogP contribution in [0.15, 0.2) is 12.1 Å². The number of phenols is 1. The highest BCUT2D eigenvalue weighted by molar-refractivity contribution is 5.79. The summed E-state index contributed by atoms with van der Waals surface area (Å²) >= 11 is 0. The predicted octanol–water partition coefficient (Wildman–Crippen LogP) is 0.645. The van der Waals surface area contributed by atoms with Gasteiger partial charge in [0.1, 0.15) is 17.4 Å². The zero-order valence-electron chi connectivity index (χ0n) is 9.75. The van der Waals surface area contributed by atoms with Gasteiger partial charge in [0.25, 0.3) is 0 Å². The summed E-state index contributed by atoms with van der Waals surface area (Å²) in [5, 5.41) is 12.1. The second kappa shape index (κ2) is 5.30. The fourth-order valence-electron chi connectivity index (χ4n) is 1.94.